The summed E-state index contributed by atoms with van der Waals surface area (Å²) < 4.78 is 5.12. The first-order valence-electron chi connectivity index (χ1n) is 5.02. The van der Waals surface area contributed by atoms with Crippen LogP contribution in [0.4, 0.5) is 0 Å². The molecular weight excluding hydrogens is 212 g/mol. The number of ketones is 2. The van der Waals surface area contributed by atoms with Crippen molar-refractivity contribution >= 4 is 17.5 Å². The van der Waals surface area contributed by atoms with Crippen molar-refractivity contribution in [1.29, 1.82) is 0 Å². The van der Waals surface area contributed by atoms with Crippen LogP contribution in [0.5, 0.6) is 0 Å². The van der Waals surface area contributed by atoms with E-state index in [0.717, 1.165) is 13.8 Å². The third-order valence-electron chi connectivity index (χ3n) is 2.18. The van der Waals surface area contributed by atoms with Gasteiger partial charge in [-0.15, -0.1) is 0 Å². The van der Waals surface area contributed by atoms with Crippen LogP contribution >= 0.6 is 0 Å². The van der Waals surface area contributed by atoms with Crippen molar-refractivity contribution < 1.29 is 19.1 Å². The quantitative estimate of drug-likeness (QED) is 0.341. The van der Waals surface area contributed by atoms with Crippen LogP contribution in [-0.4, -0.2) is 43.4 Å². The lowest BCUT2D eigenvalue weighted by molar-refractivity contribution is -0.165. The van der Waals surface area contributed by atoms with Gasteiger partial charge in [-0.25, -0.2) is 0 Å². The van der Waals surface area contributed by atoms with Gasteiger partial charge in [0.25, 0.3) is 11.5 Å². The Kier molecular flexibility index (Phi) is 5.84. The summed E-state index contributed by atoms with van der Waals surface area (Å²) in [6.45, 7) is 4.72. The van der Waals surface area contributed by atoms with E-state index >= 15 is 0 Å². The standard InChI is InChI=1S/C10H18N2O4/c1-5-12-6-16-10(7(2)13,8(3)14)9(15)11-4/h12H,5-6H2,1-4H3,(H,11,15). The summed E-state index contributed by atoms with van der Waals surface area (Å²) in [4.78, 5) is 34.5. The SMILES string of the molecule is CCNCOC(C(C)=O)(C(C)=O)C(=O)NC. The van der Waals surface area contributed by atoms with Gasteiger partial charge in [0.1, 0.15) is 0 Å². The molecule has 0 saturated carbocycles. The molecule has 0 aliphatic rings. The van der Waals surface area contributed by atoms with Crippen molar-refractivity contribution in [2.24, 2.45) is 0 Å². The Morgan fingerprint density at radius 2 is 1.69 bits per heavy atom. The monoisotopic (exact) mass is 230 g/mol. The van der Waals surface area contributed by atoms with Crippen LogP contribution in [-0.2, 0) is 19.1 Å². The Morgan fingerprint density at radius 3 is 2.00 bits per heavy atom. The van der Waals surface area contributed by atoms with Crippen molar-refractivity contribution in [1.82, 2.24) is 10.6 Å². The lowest BCUT2D eigenvalue weighted by atomic mass is 9.93. The molecule has 0 aliphatic carbocycles. The Hall–Kier alpha value is -1.27. The molecule has 0 aromatic rings. The molecule has 0 radical (unpaired) electrons. The fourth-order valence-electron chi connectivity index (χ4n) is 1.27. The summed E-state index contributed by atoms with van der Waals surface area (Å²) in [5.41, 5.74) is -2.03. The van der Waals surface area contributed by atoms with Gasteiger partial charge in [-0.3, -0.25) is 19.7 Å². The Morgan fingerprint density at radius 1 is 1.19 bits per heavy atom. The zero-order valence-electron chi connectivity index (χ0n) is 10.0. The highest BCUT2D eigenvalue weighted by molar-refractivity contribution is 6.26. The van der Waals surface area contributed by atoms with Gasteiger partial charge in [-0.2, -0.15) is 0 Å². The molecule has 0 heterocycles. The lowest BCUT2D eigenvalue weighted by Crippen LogP contribution is -2.58. The van der Waals surface area contributed by atoms with Gasteiger partial charge in [0, 0.05) is 7.05 Å². The second-order valence-electron chi connectivity index (χ2n) is 3.26. The van der Waals surface area contributed by atoms with Crippen molar-refractivity contribution in [2.45, 2.75) is 26.4 Å². The number of hydrogen-bond acceptors (Lipinski definition) is 5. The molecule has 6 heteroatoms. The summed E-state index contributed by atoms with van der Waals surface area (Å²) in [6, 6.07) is 0. The van der Waals surface area contributed by atoms with E-state index in [0.29, 0.717) is 6.54 Å². The molecule has 0 aromatic heterocycles. The molecule has 0 bridgehead atoms. The van der Waals surface area contributed by atoms with Crippen molar-refractivity contribution in [3.63, 3.8) is 0 Å². The first-order chi connectivity index (χ1) is 7.43. The van der Waals surface area contributed by atoms with Gasteiger partial charge < -0.3 is 10.1 Å². The molecule has 2 N–H and O–H groups in total. The molecule has 0 aromatic carbocycles. The molecule has 0 fully saturated rings. The van der Waals surface area contributed by atoms with Crippen LogP contribution < -0.4 is 10.6 Å². The van der Waals surface area contributed by atoms with Crippen LogP contribution in [0.25, 0.3) is 0 Å². The molecule has 6 nitrogen and oxygen atoms in total. The number of Topliss-reactive ketones (excluding diaryl/α,β-unsaturated/α-hetero) is 2. The molecule has 0 unspecified atom stereocenters. The summed E-state index contributed by atoms with van der Waals surface area (Å²) in [5, 5.41) is 5.05. The summed E-state index contributed by atoms with van der Waals surface area (Å²) in [5.74, 6) is -2.00. The van der Waals surface area contributed by atoms with Gasteiger partial charge in [0.2, 0.25) is 0 Å². The minimum atomic E-state index is -2.03. The number of carbonyl (C=O) groups excluding carboxylic acids is 3. The molecule has 0 saturated heterocycles. The molecule has 0 atom stereocenters. The van der Waals surface area contributed by atoms with E-state index in [-0.39, 0.29) is 6.73 Å². The van der Waals surface area contributed by atoms with E-state index in [4.69, 9.17) is 4.74 Å². The van der Waals surface area contributed by atoms with Gasteiger partial charge in [-0.1, -0.05) is 6.92 Å². The van der Waals surface area contributed by atoms with E-state index < -0.39 is 23.1 Å². The first-order valence-corrected chi connectivity index (χ1v) is 5.02. The molecule has 0 spiro atoms. The highest BCUT2D eigenvalue weighted by atomic mass is 16.5. The van der Waals surface area contributed by atoms with Gasteiger partial charge in [0.15, 0.2) is 11.6 Å². The predicted molar refractivity (Wildman–Crippen MR) is 57.8 cm³/mol. The van der Waals surface area contributed by atoms with Crippen LogP contribution in [0.15, 0.2) is 0 Å². The van der Waals surface area contributed by atoms with Crippen molar-refractivity contribution in [2.75, 3.05) is 20.3 Å². The minimum absolute atomic E-state index is 0.0386. The topological polar surface area (TPSA) is 84.5 Å². The third-order valence-corrected chi connectivity index (χ3v) is 2.18. The summed E-state index contributed by atoms with van der Waals surface area (Å²) in [7, 11) is 1.35. The number of hydrogen-bond donors (Lipinski definition) is 2. The first kappa shape index (κ1) is 14.7. The highest BCUT2D eigenvalue weighted by Crippen LogP contribution is 2.14. The second-order valence-corrected chi connectivity index (χ2v) is 3.26. The molecule has 0 rings (SSSR count). The normalized spacial score (nSPS) is 11.0. The summed E-state index contributed by atoms with van der Waals surface area (Å²) in [6.07, 6.45) is 0. The molecule has 92 valence electrons. The largest absolute Gasteiger partial charge is 0.356 e. The van der Waals surface area contributed by atoms with E-state index in [2.05, 4.69) is 10.6 Å². The number of carbonyl (C=O) groups is 3. The average molecular weight is 230 g/mol. The van der Waals surface area contributed by atoms with E-state index in [1.165, 1.54) is 7.05 Å². The maximum Gasteiger partial charge on any atom is 0.267 e. The van der Waals surface area contributed by atoms with Crippen LogP contribution in [0.1, 0.15) is 20.8 Å². The van der Waals surface area contributed by atoms with Crippen LogP contribution in [0.2, 0.25) is 0 Å². The van der Waals surface area contributed by atoms with E-state index in [9.17, 15) is 14.4 Å². The molecule has 0 aliphatic heterocycles. The van der Waals surface area contributed by atoms with Gasteiger partial charge in [-0.05, 0) is 20.4 Å². The van der Waals surface area contributed by atoms with Crippen LogP contribution in [0.3, 0.4) is 0 Å². The summed E-state index contributed by atoms with van der Waals surface area (Å²) >= 11 is 0. The molecule has 16 heavy (non-hydrogen) atoms. The van der Waals surface area contributed by atoms with Crippen molar-refractivity contribution in [3.05, 3.63) is 0 Å². The Bertz CT molecular complexity index is 275. The fraction of sp³-hybridized carbons (Fsp3) is 0.700. The van der Waals surface area contributed by atoms with Crippen molar-refractivity contribution in [3.8, 4) is 0 Å². The molecule has 1 amide bonds. The smallest absolute Gasteiger partial charge is 0.267 e. The van der Waals surface area contributed by atoms with Gasteiger partial charge >= 0.3 is 0 Å². The Balaban J connectivity index is 5.03. The number of amides is 1. The number of ether oxygens (including phenoxy) is 1. The average Bonchev–Trinajstić information content (AvgIpc) is 2.22. The number of likely N-dealkylation sites (N-methyl/N-ethyl adjacent to an activating group) is 1. The maximum atomic E-state index is 11.6. The zero-order valence-corrected chi connectivity index (χ0v) is 10.0. The Labute approximate surface area is 94.7 Å². The number of nitrogens with one attached hydrogen (secondary N) is 2. The number of rotatable bonds is 7. The molecular formula is C10H18N2O4. The zero-order chi connectivity index (χ0) is 12.8. The highest BCUT2D eigenvalue weighted by Gasteiger charge is 2.49. The fourth-order valence-corrected chi connectivity index (χ4v) is 1.27. The minimum Gasteiger partial charge on any atom is -0.356 e. The van der Waals surface area contributed by atoms with Gasteiger partial charge in [0.05, 0.1) is 6.73 Å². The van der Waals surface area contributed by atoms with E-state index in [1.54, 1.807) is 0 Å². The predicted octanol–water partition coefficient (Wildman–Crippen LogP) is -0.767. The second kappa shape index (κ2) is 6.34. The van der Waals surface area contributed by atoms with Crippen LogP contribution in [0, 0.1) is 0 Å². The van der Waals surface area contributed by atoms with E-state index in [1.807, 2.05) is 6.92 Å². The lowest BCUT2D eigenvalue weighted by Gasteiger charge is -2.26. The maximum absolute atomic E-state index is 11.6. The third kappa shape index (κ3) is 2.86.